The number of nitrogens with two attached hydrogens (primary N) is 1. The standard InChI is InChI=1S/C13H25F2N3O2/c1-12(2,3)20-11(19)18-8-13(14,15)7-17-10-5-4-9(16)6-10/h9-10,17H,4-8,16H2,1-3H3,(H,18,19). The summed E-state index contributed by atoms with van der Waals surface area (Å²) < 4.78 is 32.1. The van der Waals surface area contributed by atoms with Crippen LogP contribution in [0.5, 0.6) is 0 Å². The van der Waals surface area contributed by atoms with Gasteiger partial charge in [-0.2, -0.15) is 0 Å². The summed E-state index contributed by atoms with van der Waals surface area (Å²) in [5.74, 6) is -3.01. The van der Waals surface area contributed by atoms with Crippen LogP contribution in [0.4, 0.5) is 13.6 Å². The van der Waals surface area contributed by atoms with Gasteiger partial charge in [-0.05, 0) is 40.0 Å². The first-order chi connectivity index (χ1) is 9.07. The molecule has 2 unspecified atom stereocenters. The first-order valence-electron chi connectivity index (χ1n) is 6.91. The molecule has 0 aliphatic heterocycles. The number of ether oxygens (including phenoxy) is 1. The SMILES string of the molecule is CC(C)(C)OC(=O)NCC(F)(F)CNC1CCC(N)C1. The van der Waals surface area contributed by atoms with Crippen molar-refractivity contribution in [2.24, 2.45) is 5.73 Å². The zero-order chi connectivity index (χ0) is 15.4. The highest BCUT2D eigenvalue weighted by Gasteiger charge is 2.32. The van der Waals surface area contributed by atoms with Crippen LogP contribution < -0.4 is 16.4 Å². The topological polar surface area (TPSA) is 76.4 Å². The van der Waals surface area contributed by atoms with Crippen molar-refractivity contribution in [2.75, 3.05) is 13.1 Å². The van der Waals surface area contributed by atoms with E-state index in [1.54, 1.807) is 20.8 Å². The van der Waals surface area contributed by atoms with E-state index in [0.29, 0.717) is 0 Å². The normalized spacial score (nSPS) is 23.7. The van der Waals surface area contributed by atoms with E-state index in [4.69, 9.17) is 10.5 Å². The van der Waals surface area contributed by atoms with Gasteiger partial charge < -0.3 is 21.1 Å². The Kier molecular flexibility index (Phi) is 5.70. The first kappa shape index (κ1) is 17.1. The summed E-state index contributed by atoms with van der Waals surface area (Å²) in [5, 5.41) is 4.89. The highest BCUT2D eigenvalue weighted by atomic mass is 19.3. The van der Waals surface area contributed by atoms with Gasteiger partial charge in [-0.1, -0.05) is 0 Å². The van der Waals surface area contributed by atoms with Crippen molar-refractivity contribution in [3.8, 4) is 0 Å². The van der Waals surface area contributed by atoms with Crippen molar-refractivity contribution in [1.82, 2.24) is 10.6 Å². The number of amides is 1. The fourth-order valence-electron chi connectivity index (χ4n) is 2.07. The van der Waals surface area contributed by atoms with Gasteiger partial charge in [-0.25, -0.2) is 13.6 Å². The predicted molar refractivity (Wildman–Crippen MR) is 72.8 cm³/mol. The molecule has 0 heterocycles. The summed E-state index contributed by atoms with van der Waals surface area (Å²) in [6, 6.07) is 0.137. The van der Waals surface area contributed by atoms with Crippen LogP contribution >= 0.6 is 0 Å². The zero-order valence-electron chi connectivity index (χ0n) is 12.3. The van der Waals surface area contributed by atoms with Crippen molar-refractivity contribution >= 4 is 6.09 Å². The minimum atomic E-state index is -3.01. The molecule has 1 saturated carbocycles. The fraction of sp³-hybridized carbons (Fsp3) is 0.923. The highest BCUT2D eigenvalue weighted by Crippen LogP contribution is 2.19. The summed E-state index contributed by atoms with van der Waals surface area (Å²) in [6.45, 7) is 3.81. The number of rotatable bonds is 5. The predicted octanol–water partition coefficient (Wildman–Crippen LogP) is 1.62. The molecule has 1 fully saturated rings. The fourth-order valence-corrected chi connectivity index (χ4v) is 2.07. The number of alkyl carbamates (subject to hydrolysis) is 1. The summed E-state index contributed by atoms with van der Waals surface area (Å²) in [5.41, 5.74) is 5.02. The van der Waals surface area contributed by atoms with Gasteiger partial charge in [-0.15, -0.1) is 0 Å². The molecule has 1 aliphatic rings. The lowest BCUT2D eigenvalue weighted by molar-refractivity contribution is -0.00544. The molecule has 4 N–H and O–H groups in total. The lowest BCUT2D eigenvalue weighted by Crippen LogP contribution is -2.46. The van der Waals surface area contributed by atoms with Crippen LogP contribution in [0.1, 0.15) is 40.0 Å². The van der Waals surface area contributed by atoms with Gasteiger partial charge in [0.25, 0.3) is 5.92 Å². The summed E-state index contributed by atoms with van der Waals surface area (Å²) >= 11 is 0. The third-order valence-corrected chi connectivity index (χ3v) is 3.01. The second-order valence-corrected chi connectivity index (χ2v) is 6.36. The number of hydrogen-bond acceptors (Lipinski definition) is 4. The summed E-state index contributed by atoms with van der Waals surface area (Å²) in [4.78, 5) is 11.3. The maximum Gasteiger partial charge on any atom is 0.407 e. The minimum Gasteiger partial charge on any atom is -0.444 e. The Morgan fingerprint density at radius 1 is 1.30 bits per heavy atom. The maximum atomic E-state index is 13.6. The second-order valence-electron chi connectivity index (χ2n) is 6.36. The highest BCUT2D eigenvalue weighted by molar-refractivity contribution is 5.67. The number of halogens is 2. The number of nitrogens with one attached hydrogen (secondary N) is 2. The van der Waals surface area contributed by atoms with E-state index >= 15 is 0 Å². The number of carbonyl (C=O) groups is 1. The quantitative estimate of drug-likeness (QED) is 0.720. The maximum absolute atomic E-state index is 13.6. The van der Waals surface area contributed by atoms with E-state index in [-0.39, 0.29) is 12.1 Å². The molecule has 0 bridgehead atoms. The lowest BCUT2D eigenvalue weighted by atomic mass is 10.2. The summed E-state index contributed by atoms with van der Waals surface area (Å²) in [7, 11) is 0. The number of carbonyl (C=O) groups excluding carboxylic acids is 1. The molecule has 5 nitrogen and oxygen atoms in total. The van der Waals surface area contributed by atoms with Gasteiger partial charge in [0.05, 0.1) is 13.1 Å². The van der Waals surface area contributed by atoms with Gasteiger partial charge >= 0.3 is 6.09 Å². The first-order valence-corrected chi connectivity index (χ1v) is 6.91. The van der Waals surface area contributed by atoms with Gasteiger partial charge in [0.15, 0.2) is 0 Å². The summed E-state index contributed by atoms with van der Waals surface area (Å²) in [6.07, 6.45) is 1.56. The van der Waals surface area contributed by atoms with E-state index in [0.717, 1.165) is 19.3 Å². The minimum absolute atomic E-state index is 0.0393. The Labute approximate surface area is 118 Å². The molecule has 0 aromatic carbocycles. The van der Waals surface area contributed by atoms with E-state index in [2.05, 4.69) is 10.6 Å². The molecular weight excluding hydrogens is 268 g/mol. The van der Waals surface area contributed by atoms with E-state index in [9.17, 15) is 13.6 Å². The van der Waals surface area contributed by atoms with Gasteiger partial charge in [0, 0.05) is 12.1 Å². The second kappa shape index (κ2) is 6.67. The smallest absolute Gasteiger partial charge is 0.407 e. The van der Waals surface area contributed by atoms with Crippen LogP contribution in [0.2, 0.25) is 0 Å². The number of alkyl halides is 2. The molecule has 0 radical (unpaired) electrons. The van der Waals surface area contributed by atoms with Gasteiger partial charge in [0.2, 0.25) is 0 Å². The van der Waals surface area contributed by atoms with Crippen molar-refractivity contribution in [3.05, 3.63) is 0 Å². The zero-order valence-corrected chi connectivity index (χ0v) is 12.3. The molecule has 1 amide bonds. The van der Waals surface area contributed by atoms with Crippen LogP contribution in [0.15, 0.2) is 0 Å². The van der Waals surface area contributed by atoms with Crippen LogP contribution in [-0.4, -0.2) is 42.8 Å². The van der Waals surface area contributed by atoms with E-state index in [1.807, 2.05) is 0 Å². The monoisotopic (exact) mass is 293 g/mol. The molecule has 0 aromatic rings. The largest absolute Gasteiger partial charge is 0.444 e. The Hall–Kier alpha value is -0.950. The molecule has 1 rings (SSSR count). The Morgan fingerprint density at radius 2 is 1.95 bits per heavy atom. The van der Waals surface area contributed by atoms with Crippen LogP contribution in [0, 0.1) is 0 Å². The molecule has 0 aromatic heterocycles. The third-order valence-electron chi connectivity index (χ3n) is 3.01. The van der Waals surface area contributed by atoms with Gasteiger partial charge in [0.1, 0.15) is 5.60 Å². The van der Waals surface area contributed by atoms with Crippen molar-refractivity contribution in [2.45, 2.75) is 63.6 Å². The van der Waals surface area contributed by atoms with Crippen LogP contribution in [0.3, 0.4) is 0 Å². The third kappa shape index (κ3) is 7.00. The molecule has 0 spiro atoms. The Balaban J connectivity index is 2.25. The van der Waals surface area contributed by atoms with E-state index in [1.165, 1.54) is 0 Å². The van der Waals surface area contributed by atoms with Crippen molar-refractivity contribution in [3.63, 3.8) is 0 Å². The molecule has 1 aliphatic carbocycles. The molecular formula is C13H25F2N3O2. The van der Waals surface area contributed by atoms with E-state index < -0.39 is 30.7 Å². The molecule has 7 heteroatoms. The van der Waals surface area contributed by atoms with Crippen LogP contribution in [0.25, 0.3) is 0 Å². The molecule has 2 atom stereocenters. The van der Waals surface area contributed by atoms with Crippen molar-refractivity contribution in [1.29, 1.82) is 0 Å². The Bertz CT molecular complexity index is 332. The Morgan fingerprint density at radius 3 is 2.45 bits per heavy atom. The average Bonchev–Trinajstić information content (AvgIpc) is 2.68. The molecule has 118 valence electrons. The van der Waals surface area contributed by atoms with Crippen molar-refractivity contribution < 1.29 is 18.3 Å². The lowest BCUT2D eigenvalue weighted by Gasteiger charge is -2.23. The molecule has 20 heavy (non-hydrogen) atoms. The number of hydrogen-bond donors (Lipinski definition) is 3. The average molecular weight is 293 g/mol. The van der Waals surface area contributed by atoms with Gasteiger partial charge in [-0.3, -0.25) is 0 Å². The van der Waals surface area contributed by atoms with Crippen LogP contribution in [-0.2, 0) is 4.74 Å². The molecule has 0 saturated heterocycles.